The molecule has 0 aliphatic rings. The van der Waals surface area contributed by atoms with Gasteiger partial charge < -0.3 is 15.7 Å². The van der Waals surface area contributed by atoms with Crippen LogP contribution in [0.4, 0.5) is 5.69 Å². The van der Waals surface area contributed by atoms with Crippen molar-refractivity contribution in [3.05, 3.63) is 45.9 Å². The van der Waals surface area contributed by atoms with Gasteiger partial charge in [-0.05, 0) is 24.3 Å². The molecule has 1 heterocycles. The Morgan fingerprint density at radius 3 is 2.35 bits per heavy atom. The lowest BCUT2D eigenvalue weighted by Gasteiger charge is -2.13. The molecule has 3 N–H and O–H groups in total. The third-order valence-corrected chi connectivity index (χ3v) is 4.68. The molecule has 1 aromatic carbocycles. The monoisotopic (exact) mass is 375 g/mol. The highest BCUT2D eigenvalue weighted by atomic mass is 32.1. The Balaban J connectivity index is 1.92. The Labute approximate surface area is 155 Å². The second-order valence-corrected chi connectivity index (χ2v) is 7.63. The number of rotatable bonds is 6. The van der Waals surface area contributed by atoms with Crippen molar-refractivity contribution in [2.75, 3.05) is 11.9 Å². The minimum absolute atomic E-state index is 0.0452. The maximum atomic E-state index is 12.1. The van der Waals surface area contributed by atoms with E-state index in [-0.39, 0.29) is 17.7 Å². The van der Waals surface area contributed by atoms with E-state index in [1.165, 1.54) is 23.5 Å². The second kappa shape index (κ2) is 8.09. The number of carbonyl (C=O) groups is 3. The minimum Gasteiger partial charge on any atom is -0.480 e. The third-order valence-electron chi connectivity index (χ3n) is 3.37. The molecule has 138 valence electrons. The van der Waals surface area contributed by atoms with Gasteiger partial charge in [-0.15, -0.1) is 11.3 Å². The van der Waals surface area contributed by atoms with Crippen LogP contribution >= 0.6 is 11.3 Å². The molecular formula is C18H21N3O4S. The first-order valence-corrected chi connectivity index (χ1v) is 8.88. The number of aromatic nitrogens is 1. The summed E-state index contributed by atoms with van der Waals surface area (Å²) in [5.41, 5.74) is 1.55. The Hall–Kier alpha value is -2.74. The van der Waals surface area contributed by atoms with Crippen molar-refractivity contribution in [2.24, 2.45) is 0 Å². The topological polar surface area (TPSA) is 108 Å². The number of carbonyl (C=O) groups excluding carboxylic acids is 2. The fourth-order valence-corrected chi connectivity index (χ4v) is 2.97. The smallest absolute Gasteiger partial charge is 0.322 e. The molecule has 7 nitrogen and oxygen atoms in total. The van der Waals surface area contributed by atoms with Crippen LogP contribution in [0.2, 0.25) is 0 Å². The average molecular weight is 375 g/mol. The van der Waals surface area contributed by atoms with E-state index in [0.29, 0.717) is 11.3 Å². The quantitative estimate of drug-likeness (QED) is 0.719. The molecule has 0 aliphatic carbocycles. The van der Waals surface area contributed by atoms with Crippen molar-refractivity contribution < 1.29 is 19.5 Å². The van der Waals surface area contributed by atoms with Gasteiger partial charge in [-0.2, -0.15) is 0 Å². The van der Waals surface area contributed by atoms with E-state index in [0.717, 1.165) is 10.7 Å². The van der Waals surface area contributed by atoms with Gasteiger partial charge in [0.2, 0.25) is 5.91 Å². The van der Waals surface area contributed by atoms with Gasteiger partial charge >= 0.3 is 5.97 Å². The predicted octanol–water partition coefficient (Wildman–Crippen LogP) is 2.44. The minimum atomic E-state index is -1.11. The first-order valence-electron chi connectivity index (χ1n) is 8.00. The lowest BCUT2D eigenvalue weighted by molar-refractivity contribution is -0.135. The van der Waals surface area contributed by atoms with Crippen LogP contribution in [0.25, 0.3) is 0 Å². The van der Waals surface area contributed by atoms with E-state index in [2.05, 4.69) is 36.4 Å². The molecule has 0 saturated carbocycles. The first kappa shape index (κ1) is 19.6. The highest BCUT2D eigenvalue weighted by Gasteiger charge is 2.18. The summed E-state index contributed by atoms with van der Waals surface area (Å²) < 4.78 is 0. The summed E-state index contributed by atoms with van der Waals surface area (Å²) in [6.07, 6.45) is 0.174. The second-order valence-electron chi connectivity index (χ2n) is 6.77. The van der Waals surface area contributed by atoms with Crippen molar-refractivity contribution in [1.29, 1.82) is 0 Å². The molecule has 8 heteroatoms. The normalized spacial score (nSPS) is 11.0. The van der Waals surface area contributed by atoms with Gasteiger partial charge in [-0.1, -0.05) is 20.8 Å². The van der Waals surface area contributed by atoms with Crippen LogP contribution in [0.15, 0.2) is 29.6 Å². The molecule has 1 aromatic heterocycles. The van der Waals surface area contributed by atoms with Gasteiger partial charge in [0.05, 0.1) is 17.1 Å². The van der Waals surface area contributed by atoms with E-state index in [1.54, 1.807) is 12.1 Å². The van der Waals surface area contributed by atoms with Gasteiger partial charge in [-0.3, -0.25) is 14.4 Å². The van der Waals surface area contributed by atoms with Crippen LogP contribution < -0.4 is 10.6 Å². The predicted molar refractivity (Wildman–Crippen MR) is 99.6 cm³/mol. The molecule has 0 atom stereocenters. The lowest BCUT2D eigenvalue weighted by Crippen LogP contribution is -2.29. The number of hydrogen-bond donors (Lipinski definition) is 3. The molecule has 0 unspecified atom stereocenters. The molecule has 0 radical (unpaired) electrons. The number of carboxylic acid groups (broad SMARTS) is 1. The van der Waals surface area contributed by atoms with Crippen molar-refractivity contribution in [2.45, 2.75) is 32.6 Å². The average Bonchev–Trinajstić information content (AvgIpc) is 3.02. The number of benzene rings is 1. The molecule has 2 rings (SSSR count). The molecule has 0 aliphatic heterocycles. The summed E-state index contributed by atoms with van der Waals surface area (Å²) in [5.74, 6) is -1.79. The number of aliphatic carboxylic acids is 1. The maximum Gasteiger partial charge on any atom is 0.322 e. The van der Waals surface area contributed by atoms with Gasteiger partial charge in [-0.25, -0.2) is 4.98 Å². The van der Waals surface area contributed by atoms with Crippen molar-refractivity contribution in [3.63, 3.8) is 0 Å². The van der Waals surface area contributed by atoms with Crippen molar-refractivity contribution in [1.82, 2.24) is 10.3 Å². The number of nitrogens with zero attached hydrogens (tertiary/aromatic N) is 1. The molecule has 2 amide bonds. The molecule has 0 fully saturated rings. The number of thiazole rings is 1. The standard InChI is InChI=1S/C18H21N3O4S/c1-18(2,3)17-21-13(10-26-17)8-14(22)20-12-6-4-11(5-7-12)16(25)19-9-15(23)24/h4-7,10H,8-9H2,1-3H3,(H,19,25)(H,20,22)(H,23,24). The summed E-state index contributed by atoms with van der Waals surface area (Å²) in [5, 5.41) is 16.4. The molecule has 0 saturated heterocycles. The highest BCUT2D eigenvalue weighted by molar-refractivity contribution is 7.09. The van der Waals surface area contributed by atoms with Gasteiger partial charge in [0.1, 0.15) is 6.54 Å². The SMILES string of the molecule is CC(C)(C)c1nc(CC(=O)Nc2ccc(C(=O)NCC(=O)O)cc2)cs1. The molecule has 26 heavy (non-hydrogen) atoms. The van der Waals surface area contributed by atoms with E-state index in [1.807, 2.05) is 5.38 Å². The Morgan fingerprint density at radius 2 is 1.81 bits per heavy atom. The Morgan fingerprint density at radius 1 is 1.15 bits per heavy atom. The molecule has 0 bridgehead atoms. The summed E-state index contributed by atoms with van der Waals surface area (Å²) in [7, 11) is 0. The van der Waals surface area contributed by atoms with Crippen molar-refractivity contribution in [3.8, 4) is 0 Å². The van der Waals surface area contributed by atoms with Crippen LogP contribution in [-0.4, -0.2) is 34.4 Å². The van der Waals surface area contributed by atoms with Gasteiger partial charge in [0.15, 0.2) is 0 Å². The zero-order chi connectivity index (χ0) is 19.3. The maximum absolute atomic E-state index is 12.1. The summed E-state index contributed by atoms with van der Waals surface area (Å²) in [4.78, 5) is 38.8. The largest absolute Gasteiger partial charge is 0.480 e. The van der Waals surface area contributed by atoms with Gasteiger partial charge in [0.25, 0.3) is 5.91 Å². The molecular weight excluding hydrogens is 354 g/mol. The number of hydrogen-bond acceptors (Lipinski definition) is 5. The van der Waals surface area contributed by atoms with Crippen LogP contribution in [0.3, 0.4) is 0 Å². The van der Waals surface area contributed by atoms with Crippen molar-refractivity contribution >= 4 is 34.8 Å². The Bertz CT molecular complexity index is 807. The number of nitrogens with one attached hydrogen (secondary N) is 2. The fourth-order valence-electron chi connectivity index (χ4n) is 2.07. The molecule has 2 aromatic rings. The van der Waals surface area contributed by atoms with E-state index in [4.69, 9.17) is 5.11 Å². The highest BCUT2D eigenvalue weighted by Crippen LogP contribution is 2.25. The molecule has 0 spiro atoms. The lowest BCUT2D eigenvalue weighted by atomic mass is 9.98. The number of carboxylic acids is 1. The van der Waals surface area contributed by atoms with E-state index < -0.39 is 18.4 Å². The summed E-state index contributed by atoms with van der Waals surface area (Å²) >= 11 is 1.54. The van der Waals surface area contributed by atoms with E-state index in [9.17, 15) is 14.4 Å². The zero-order valence-electron chi connectivity index (χ0n) is 14.8. The summed E-state index contributed by atoms with van der Waals surface area (Å²) in [6.45, 7) is 5.78. The van der Waals surface area contributed by atoms with E-state index >= 15 is 0 Å². The van der Waals surface area contributed by atoms with Crippen LogP contribution in [0.5, 0.6) is 0 Å². The fraction of sp³-hybridized carbons (Fsp3) is 0.333. The number of anilines is 1. The Kier molecular flexibility index (Phi) is 6.10. The summed E-state index contributed by atoms with van der Waals surface area (Å²) in [6, 6.07) is 6.23. The first-order chi connectivity index (χ1) is 12.1. The van der Waals surface area contributed by atoms with Crippen LogP contribution in [-0.2, 0) is 21.4 Å². The van der Waals surface area contributed by atoms with Crippen LogP contribution in [0.1, 0.15) is 41.8 Å². The van der Waals surface area contributed by atoms with Gasteiger partial charge in [0, 0.05) is 22.0 Å². The third kappa shape index (κ3) is 5.66. The zero-order valence-corrected chi connectivity index (χ0v) is 15.6. The van der Waals surface area contributed by atoms with Crippen LogP contribution in [0, 0.1) is 0 Å². The number of amides is 2.